The molecule has 0 radical (unpaired) electrons. The van der Waals surface area contributed by atoms with E-state index in [1.54, 1.807) is 24.3 Å². The fraction of sp³-hybridized carbons (Fsp3) is 0.222. The van der Waals surface area contributed by atoms with Crippen molar-refractivity contribution in [3.8, 4) is 5.75 Å². The first-order valence-corrected chi connectivity index (χ1v) is 4.28. The number of azide groups is 1. The van der Waals surface area contributed by atoms with E-state index in [-0.39, 0.29) is 13.2 Å². The molecule has 15 heavy (non-hydrogen) atoms. The fourth-order valence-electron chi connectivity index (χ4n) is 1.04. The number of carbonyl (C=O) groups is 1. The monoisotopic (exact) mass is 206 g/mol. The van der Waals surface area contributed by atoms with Crippen LogP contribution < -0.4 is 10.5 Å². The Bertz CT molecular complexity index is 399. The highest BCUT2D eigenvalue weighted by molar-refractivity contribution is 5.95. The number of rotatable bonds is 5. The van der Waals surface area contributed by atoms with Crippen LogP contribution in [0.3, 0.4) is 0 Å². The van der Waals surface area contributed by atoms with Gasteiger partial charge in [-0.25, -0.2) is 0 Å². The topological polar surface area (TPSA) is 101 Å². The molecule has 0 aliphatic carbocycles. The van der Waals surface area contributed by atoms with Gasteiger partial charge in [-0.15, -0.1) is 0 Å². The lowest BCUT2D eigenvalue weighted by atomic mass is 10.2. The number of hydrogen-bond acceptors (Lipinski definition) is 3. The molecule has 0 spiro atoms. The van der Waals surface area contributed by atoms with Crippen molar-refractivity contribution >= 4 is 5.91 Å². The summed E-state index contributed by atoms with van der Waals surface area (Å²) < 4.78 is 5.23. The van der Waals surface area contributed by atoms with E-state index in [0.29, 0.717) is 11.3 Å². The number of amides is 1. The van der Waals surface area contributed by atoms with Crippen molar-refractivity contribution in [2.75, 3.05) is 13.2 Å². The zero-order valence-corrected chi connectivity index (χ0v) is 7.96. The predicted molar refractivity (Wildman–Crippen MR) is 54.5 cm³/mol. The Kier molecular flexibility index (Phi) is 4.00. The van der Waals surface area contributed by atoms with Crippen LogP contribution in [0.1, 0.15) is 10.4 Å². The van der Waals surface area contributed by atoms with Crippen molar-refractivity contribution < 1.29 is 9.53 Å². The Morgan fingerprint density at radius 1 is 1.53 bits per heavy atom. The molecule has 0 atom stereocenters. The molecular formula is C9H10N4O2. The van der Waals surface area contributed by atoms with Crippen molar-refractivity contribution in [3.63, 3.8) is 0 Å². The van der Waals surface area contributed by atoms with Crippen molar-refractivity contribution in [2.24, 2.45) is 10.8 Å². The summed E-state index contributed by atoms with van der Waals surface area (Å²) in [6.45, 7) is 0.429. The molecule has 6 heteroatoms. The molecule has 1 aromatic carbocycles. The average Bonchev–Trinajstić information content (AvgIpc) is 2.25. The molecule has 0 aliphatic heterocycles. The normalized spacial score (nSPS) is 9.07. The Hall–Kier alpha value is -2.20. The third-order valence-corrected chi connectivity index (χ3v) is 1.66. The van der Waals surface area contributed by atoms with E-state index in [1.165, 1.54) is 0 Å². The van der Waals surface area contributed by atoms with Gasteiger partial charge in [0.2, 0.25) is 0 Å². The second kappa shape index (κ2) is 5.51. The average molecular weight is 206 g/mol. The quantitative estimate of drug-likeness (QED) is 0.341. The molecule has 1 aromatic rings. The summed E-state index contributed by atoms with van der Waals surface area (Å²) >= 11 is 0. The molecule has 0 aliphatic rings. The molecule has 2 N–H and O–H groups in total. The lowest BCUT2D eigenvalue weighted by Gasteiger charge is -2.07. The number of para-hydroxylation sites is 1. The fourth-order valence-corrected chi connectivity index (χ4v) is 1.04. The summed E-state index contributed by atoms with van der Waals surface area (Å²) in [6.07, 6.45) is 0. The van der Waals surface area contributed by atoms with Gasteiger partial charge in [0, 0.05) is 4.91 Å². The molecule has 0 aromatic heterocycles. The molecule has 0 saturated carbocycles. The summed E-state index contributed by atoms with van der Waals surface area (Å²) in [4.78, 5) is 13.5. The van der Waals surface area contributed by atoms with Crippen LogP contribution in [0, 0.1) is 0 Å². The highest BCUT2D eigenvalue weighted by Gasteiger charge is 2.07. The summed E-state index contributed by atoms with van der Waals surface area (Å²) in [5.74, 6) is -0.146. The first kappa shape index (κ1) is 10.9. The lowest BCUT2D eigenvalue weighted by molar-refractivity contribution is 0.0996. The van der Waals surface area contributed by atoms with E-state index in [4.69, 9.17) is 16.0 Å². The molecule has 6 nitrogen and oxygen atoms in total. The van der Waals surface area contributed by atoms with Gasteiger partial charge >= 0.3 is 0 Å². The molecule has 0 bridgehead atoms. The van der Waals surface area contributed by atoms with Gasteiger partial charge in [-0.1, -0.05) is 17.2 Å². The second-order valence-corrected chi connectivity index (χ2v) is 2.66. The highest BCUT2D eigenvalue weighted by Crippen LogP contribution is 2.16. The van der Waals surface area contributed by atoms with Crippen LogP contribution in [0.5, 0.6) is 5.75 Å². The lowest BCUT2D eigenvalue weighted by Crippen LogP contribution is -2.13. The zero-order valence-electron chi connectivity index (χ0n) is 7.96. The standard InChI is InChI=1S/C9H10N4O2/c10-9(14)7-3-1-2-4-8(7)15-6-5-12-13-11/h1-4H,5-6H2,(H2,10,14). The van der Waals surface area contributed by atoms with E-state index in [1.807, 2.05) is 0 Å². The van der Waals surface area contributed by atoms with E-state index in [2.05, 4.69) is 10.0 Å². The third-order valence-electron chi connectivity index (χ3n) is 1.66. The van der Waals surface area contributed by atoms with Gasteiger partial charge in [0.05, 0.1) is 18.7 Å². The van der Waals surface area contributed by atoms with E-state index >= 15 is 0 Å². The number of benzene rings is 1. The van der Waals surface area contributed by atoms with Gasteiger partial charge in [-0.2, -0.15) is 0 Å². The van der Waals surface area contributed by atoms with Gasteiger partial charge in [0.1, 0.15) is 5.75 Å². The van der Waals surface area contributed by atoms with Crippen LogP contribution in [0.25, 0.3) is 10.4 Å². The molecule has 0 unspecified atom stereocenters. The maximum Gasteiger partial charge on any atom is 0.252 e. The van der Waals surface area contributed by atoms with Crippen molar-refractivity contribution in [1.82, 2.24) is 0 Å². The van der Waals surface area contributed by atoms with Gasteiger partial charge in [0.15, 0.2) is 0 Å². The van der Waals surface area contributed by atoms with Crippen molar-refractivity contribution in [1.29, 1.82) is 0 Å². The van der Waals surface area contributed by atoms with Gasteiger partial charge in [-0.3, -0.25) is 4.79 Å². The number of nitrogens with two attached hydrogens (primary N) is 1. The van der Waals surface area contributed by atoms with Crippen LogP contribution in [0.4, 0.5) is 0 Å². The smallest absolute Gasteiger partial charge is 0.252 e. The van der Waals surface area contributed by atoms with Gasteiger partial charge in [-0.05, 0) is 17.7 Å². The predicted octanol–water partition coefficient (Wildman–Crippen LogP) is 1.47. The highest BCUT2D eigenvalue weighted by atomic mass is 16.5. The maximum atomic E-state index is 11.0. The summed E-state index contributed by atoms with van der Waals surface area (Å²) in [6, 6.07) is 6.64. The van der Waals surface area contributed by atoms with Crippen LogP contribution in [-0.4, -0.2) is 19.1 Å². The Labute approximate surface area is 86.3 Å². The minimum Gasteiger partial charge on any atom is -0.493 e. The van der Waals surface area contributed by atoms with E-state index in [0.717, 1.165) is 0 Å². The molecular weight excluding hydrogens is 196 g/mol. The SMILES string of the molecule is [N-]=[N+]=NCCOc1ccccc1C(N)=O. The second-order valence-electron chi connectivity index (χ2n) is 2.66. The molecule has 0 saturated heterocycles. The molecule has 1 rings (SSSR count). The number of ether oxygens (including phenoxy) is 1. The minimum atomic E-state index is -0.547. The first-order valence-electron chi connectivity index (χ1n) is 4.28. The van der Waals surface area contributed by atoms with E-state index < -0.39 is 5.91 Å². The minimum absolute atomic E-state index is 0.212. The Balaban J connectivity index is 2.67. The molecule has 1 amide bonds. The largest absolute Gasteiger partial charge is 0.493 e. The number of carbonyl (C=O) groups excluding carboxylic acids is 1. The third kappa shape index (κ3) is 3.21. The van der Waals surface area contributed by atoms with Crippen LogP contribution in [0.2, 0.25) is 0 Å². The summed E-state index contributed by atoms with van der Waals surface area (Å²) in [7, 11) is 0. The molecule has 0 fully saturated rings. The Morgan fingerprint density at radius 3 is 2.93 bits per heavy atom. The summed E-state index contributed by atoms with van der Waals surface area (Å²) in [5, 5.41) is 3.30. The zero-order chi connectivity index (χ0) is 11.1. The van der Waals surface area contributed by atoms with Crippen molar-refractivity contribution in [2.45, 2.75) is 0 Å². The maximum absolute atomic E-state index is 11.0. The van der Waals surface area contributed by atoms with Crippen molar-refractivity contribution in [3.05, 3.63) is 40.3 Å². The number of nitrogens with zero attached hydrogens (tertiary/aromatic N) is 3. The number of primary amides is 1. The van der Waals surface area contributed by atoms with E-state index in [9.17, 15) is 4.79 Å². The molecule has 78 valence electrons. The first-order chi connectivity index (χ1) is 7.25. The van der Waals surface area contributed by atoms with Gasteiger partial charge < -0.3 is 10.5 Å². The van der Waals surface area contributed by atoms with Gasteiger partial charge in [0.25, 0.3) is 5.91 Å². The van der Waals surface area contributed by atoms with Crippen LogP contribution >= 0.6 is 0 Å². The molecule has 0 heterocycles. The summed E-state index contributed by atoms with van der Waals surface area (Å²) in [5.41, 5.74) is 13.5. The van der Waals surface area contributed by atoms with Crippen LogP contribution in [-0.2, 0) is 0 Å². The van der Waals surface area contributed by atoms with Crippen LogP contribution in [0.15, 0.2) is 29.4 Å². The number of hydrogen-bond donors (Lipinski definition) is 1. The Morgan fingerprint density at radius 2 is 2.27 bits per heavy atom.